The Bertz CT molecular complexity index is 924. The highest BCUT2D eigenvalue weighted by Crippen LogP contribution is 2.32. The summed E-state index contributed by atoms with van der Waals surface area (Å²) in [5, 5.41) is 9.38. The topological polar surface area (TPSA) is 52.9 Å². The molecule has 26 heavy (non-hydrogen) atoms. The van der Waals surface area contributed by atoms with Crippen LogP contribution in [0.5, 0.6) is 0 Å². The second-order valence-corrected chi connectivity index (χ2v) is 6.19. The van der Waals surface area contributed by atoms with E-state index in [2.05, 4.69) is 0 Å². The van der Waals surface area contributed by atoms with Crippen LogP contribution in [0.4, 0.5) is 16.2 Å². The minimum atomic E-state index is -0.920. The maximum Gasteiger partial charge on any atom is 0.411 e. The molecule has 4 heteroatoms. The summed E-state index contributed by atoms with van der Waals surface area (Å²) >= 11 is 0. The van der Waals surface area contributed by atoms with E-state index in [1.807, 2.05) is 78.9 Å². The minimum absolute atomic E-state index is 0.502. The van der Waals surface area contributed by atoms with Gasteiger partial charge in [-0.3, -0.25) is 4.90 Å². The van der Waals surface area contributed by atoms with Gasteiger partial charge in [-0.05, 0) is 24.1 Å². The first-order valence-electron chi connectivity index (χ1n) is 8.55. The molecule has 0 saturated carbocycles. The smallest absolute Gasteiger partial charge is 0.411 e. The van der Waals surface area contributed by atoms with Crippen LogP contribution in [0.2, 0.25) is 0 Å². The number of carbonyl (C=O) groups is 1. The molecule has 3 aromatic carbocycles. The van der Waals surface area contributed by atoms with Gasteiger partial charge in [0.25, 0.3) is 0 Å². The van der Waals surface area contributed by atoms with E-state index in [9.17, 15) is 9.90 Å². The summed E-state index contributed by atoms with van der Waals surface area (Å²) in [6, 6.07) is 25.8. The molecule has 1 aliphatic rings. The summed E-state index contributed by atoms with van der Waals surface area (Å²) in [7, 11) is 0. The van der Waals surface area contributed by atoms with Gasteiger partial charge in [0, 0.05) is 17.7 Å². The Morgan fingerprint density at radius 3 is 2.08 bits per heavy atom. The van der Waals surface area contributed by atoms with Gasteiger partial charge in [0.2, 0.25) is 0 Å². The fraction of sp³-hybridized carbons (Fsp3) is 0.0909. The molecule has 0 fully saturated rings. The largest absolute Gasteiger partial charge is 0.465 e. The second-order valence-electron chi connectivity index (χ2n) is 6.19. The third-order valence-electron chi connectivity index (χ3n) is 4.53. The third kappa shape index (κ3) is 3.09. The first kappa shape index (κ1) is 16.1. The fourth-order valence-electron chi connectivity index (χ4n) is 3.25. The molecule has 128 valence electrons. The van der Waals surface area contributed by atoms with Crippen molar-refractivity contribution in [3.05, 3.63) is 95.6 Å². The zero-order valence-corrected chi connectivity index (χ0v) is 14.2. The van der Waals surface area contributed by atoms with Gasteiger partial charge in [0.15, 0.2) is 0 Å². The number of rotatable bonds is 3. The molecule has 0 saturated heterocycles. The Balaban J connectivity index is 1.81. The highest BCUT2D eigenvalue weighted by Gasteiger charge is 2.24. The maximum absolute atomic E-state index is 11.4. The highest BCUT2D eigenvalue weighted by atomic mass is 16.4. The van der Waals surface area contributed by atoms with Crippen molar-refractivity contribution < 1.29 is 9.90 Å². The molecule has 1 aliphatic heterocycles. The Hall–Kier alpha value is -3.40. The molecule has 0 aliphatic carbocycles. The standard InChI is InChI=1S/C22H18N2O2/c25-22(26)24-14-13-16-11-12-19(15-20(16)24)23-21(17-7-3-1-4-8-17)18-9-5-2-6-10-18/h1-12,15H,13-14H2,(H,25,26). The molecule has 4 nitrogen and oxygen atoms in total. The summed E-state index contributed by atoms with van der Waals surface area (Å²) in [6.07, 6.45) is -0.174. The van der Waals surface area contributed by atoms with Crippen molar-refractivity contribution in [1.29, 1.82) is 0 Å². The van der Waals surface area contributed by atoms with Crippen LogP contribution in [-0.2, 0) is 6.42 Å². The molecular formula is C22H18N2O2. The van der Waals surface area contributed by atoms with E-state index < -0.39 is 6.09 Å². The maximum atomic E-state index is 11.4. The molecule has 1 N–H and O–H groups in total. The van der Waals surface area contributed by atoms with E-state index in [1.165, 1.54) is 4.90 Å². The van der Waals surface area contributed by atoms with Gasteiger partial charge in [0.05, 0.1) is 17.1 Å². The number of aliphatic imine (C=N–C) groups is 1. The van der Waals surface area contributed by atoms with E-state index in [4.69, 9.17) is 4.99 Å². The normalized spacial score (nSPS) is 12.5. The molecule has 0 radical (unpaired) electrons. The van der Waals surface area contributed by atoms with E-state index in [0.717, 1.165) is 40.2 Å². The highest BCUT2D eigenvalue weighted by molar-refractivity contribution is 6.14. The van der Waals surface area contributed by atoms with Crippen LogP contribution in [-0.4, -0.2) is 23.5 Å². The summed E-state index contributed by atoms with van der Waals surface area (Å²) in [4.78, 5) is 17.7. The predicted molar refractivity (Wildman–Crippen MR) is 104 cm³/mol. The van der Waals surface area contributed by atoms with Crippen molar-refractivity contribution >= 4 is 23.2 Å². The lowest BCUT2D eigenvalue weighted by Gasteiger charge is -2.13. The van der Waals surface area contributed by atoms with Gasteiger partial charge in [-0.2, -0.15) is 0 Å². The Morgan fingerprint density at radius 2 is 1.50 bits per heavy atom. The van der Waals surface area contributed by atoms with Crippen molar-refractivity contribution in [1.82, 2.24) is 0 Å². The number of amides is 1. The molecule has 4 rings (SSSR count). The quantitative estimate of drug-likeness (QED) is 0.689. The van der Waals surface area contributed by atoms with Crippen molar-refractivity contribution in [2.75, 3.05) is 11.4 Å². The zero-order valence-electron chi connectivity index (χ0n) is 14.2. The lowest BCUT2D eigenvalue weighted by atomic mass is 10.0. The predicted octanol–water partition coefficient (Wildman–Crippen LogP) is 4.90. The number of nitrogens with zero attached hydrogens (tertiary/aromatic N) is 2. The molecule has 0 unspecified atom stereocenters. The molecule has 0 aromatic heterocycles. The van der Waals surface area contributed by atoms with Gasteiger partial charge >= 0.3 is 6.09 Å². The van der Waals surface area contributed by atoms with Gasteiger partial charge in [0.1, 0.15) is 0 Å². The minimum Gasteiger partial charge on any atom is -0.465 e. The second kappa shape index (κ2) is 6.84. The molecule has 0 bridgehead atoms. The number of hydrogen-bond donors (Lipinski definition) is 1. The number of hydrogen-bond acceptors (Lipinski definition) is 2. The van der Waals surface area contributed by atoms with Crippen LogP contribution in [0.15, 0.2) is 83.9 Å². The van der Waals surface area contributed by atoms with Crippen molar-refractivity contribution in [2.45, 2.75) is 6.42 Å². The third-order valence-corrected chi connectivity index (χ3v) is 4.53. The Kier molecular flexibility index (Phi) is 4.23. The van der Waals surface area contributed by atoms with Crippen LogP contribution >= 0.6 is 0 Å². The van der Waals surface area contributed by atoms with Gasteiger partial charge < -0.3 is 5.11 Å². The molecule has 1 heterocycles. The SMILES string of the molecule is O=C(O)N1CCc2ccc(N=C(c3ccccc3)c3ccccc3)cc21. The van der Waals surface area contributed by atoms with Crippen molar-refractivity contribution in [3.8, 4) is 0 Å². The van der Waals surface area contributed by atoms with E-state index >= 15 is 0 Å². The number of carboxylic acid groups (broad SMARTS) is 1. The molecule has 3 aromatic rings. The van der Waals surface area contributed by atoms with Gasteiger partial charge in [-0.1, -0.05) is 66.7 Å². The number of benzene rings is 3. The lowest BCUT2D eigenvalue weighted by molar-refractivity contribution is 0.202. The van der Waals surface area contributed by atoms with Crippen LogP contribution in [0.25, 0.3) is 0 Å². The average molecular weight is 342 g/mol. The molecular weight excluding hydrogens is 324 g/mol. The fourth-order valence-corrected chi connectivity index (χ4v) is 3.25. The average Bonchev–Trinajstić information content (AvgIpc) is 3.11. The Labute approximate surface area is 152 Å². The summed E-state index contributed by atoms with van der Waals surface area (Å²) in [5.41, 5.74) is 5.45. The van der Waals surface area contributed by atoms with Gasteiger partial charge in [-0.15, -0.1) is 0 Å². The van der Waals surface area contributed by atoms with Crippen molar-refractivity contribution in [2.24, 2.45) is 4.99 Å². The van der Waals surface area contributed by atoms with E-state index in [-0.39, 0.29) is 0 Å². The van der Waals surface area contributed by atoms with Crippen LogP contribution in [0.1, 0.15) is 16.7 Å². The summed E-state index contributed by atoms with van der Waals surface area (Å²) in [6.45, 7) is 0.502. The number of fused-ring (bicyclic) bond motifs is 1. The first-order chi connectivity index (χ1) is 12.7. The lowest BCUT2D eigenvalue weighted by Crippen LogP contribution is -2.26. The van der Waals surface area contributed by atoms with Crippen LogP contribution in [0.3, 0.4) is 0 Å². The van der Waals surface area contributed by atoms with Crippen LogP contribution in [0, 0.1) is 0 Å². The number of anilines is 1. The zero-order chi connectivity index (χ0) is 17.9. The Morgan fingerprint density at radius 1 is 0.885 bits per heavy atom. The van der Waals surface area contributed by atoms with E-state index in [1.54, 1.807) is 0 Å². The molecule has 0 spiro atoms. The summed E-state index contributed by atoms with van der Waals surface area (Å²) in [5.74, 6) is 0. The van der Waals surface area contributed by atoms with Crippen LogP contribution < -0.4 is 4.90 Å². The molecule has 1 amide bonds. The first-order valence-corrected chi connectivity index (χ1v) is 8.55. The molecule has 0 atom stereocenters. The monoisotopic (exact) mass is 342 g/mol. The summed E-state index contributed by atoms with van der Waals surface area (Å²) < 4.78 is 0. The van der Waals surface area contributed by atoms with Crippen molar-refractivity contribution in [3.63, 3.8) is 0 Å². The van der Waals surface area contributed by atoms with Gasteiger partial charge in [-0.25, -0.2) is 9.79 Å². The van der Waals surface area contributed by atoms with E-state index in [0.29, 0.717) is 6.54 Å².